The van der Waals surface area contributed by atoms with Crippen LogP contribution in [0.15, 0.2) is 10.2 Å². The van der Waals surface area contributed by atoms with Gasteiger partial charge in [-0.3, -0.25) is 10.00 Å². The molecule has 3 aromatic heterocycles. The van der Waals surface area contributed by atoms with Gasteiger partial charge in [-0.1, -0.05) is 12.8 Å². The minimum absolute atomic E-state index is 0.532. The molecule has 0 amide bonds. The van der Waals surface area contributed by atoms with Crippen LogP contribution in [0.1, 0.15) is 53.7 Å². The lowest BCUT2D eigenvalue weighted by atomic mass is 10.1. The minimum Gasteiger partial charge on any atom is -0.379 e. The number of hydrogen-bond acceptors (Lipinski definition) is 8. The van der Waals surface area contributed by atoms with E-state index in [-0.39, 0.29) is 0 Å². The van der Waals surface area contributed by atoms with E-state index in [0.29, 0.717) is 5.92 Å². The Morgan fingerprint density at radius 3 is 2.72 bits per heavy atom. The number of morpholine rings is 1. The summed E-state index contributed by atoms with van der Waals surface area (Å²) in [6.45, 7) is 8.48. The molecule has 0 unspecified atom stereocenters. The number of aryl methyl sites for hydroxylation is 2. The maximum absolute atomic E-state index is 5.47. The average Bonchev–Trinajstić information content (AvgIpc) is 3.44. The number of nitrogens with one attached hydrogen (secondary N) is 1. The van der Waals surface area contributed by atoms with Gasteiger partial charge in [0, 0.05) is 29.3 Å². The lowest BCUT2D eigenvalue weighted by Crippen LogP contribution is -2.36. The fraction of sp³-hybridized carbons (Fsp3) is 0.600. The highest BCUT2D eigenvalue weighted by Gasteiger charge is 2.23. The molecule has 0 spiro atoms. The van der Waals surface area contributed by atoms with E-state index in [1.807, 2.05) is 0 Å². The zero-order valence-electron chi connectivity index (χ0n) is 16.9. The van der Waals surface area contributed by atoms with Gasteiger partial charge in [0.1, 0.15) is 21.5 Å². The average molecular weight is 431 g/mol. The van der Waals surface area contributed by atoms with Crippen LogP contribution in [0.4, 0.5) is 0 Å². The van der Waals surface area contributed by atoms with Crippen molar-refractivity contribution in [3.8, 4) is 0 Å². The van der Waals surface area contributed by atoms with Crippen molar-refractivity contribution in [2.45, 2.75) is 62.2 Å². The van der Waals surface area contributed by atoms with Crippen molar-refractivity contribution in [1.82, 2.24) is 30.0 Å². The topological polar surface area (TPSA) is 79.8 Å². The smallest absolute Gasteiger partial charge is 0.214 e. The van der Waals surface area contributed by atoms with Gasteiger partial charge in [-0.2, -0.15) is 0 Å². The molecule has 1 aliphatic heterocycles. The molecule has 154 valence electrons. The summed E-state index contributed by atoms with van der Waals surface area (Å²) in [6.07, 6.45) is 5.00. The molecular formula is C20H26N6OS2. The van der Waals surface area contributed by atoms with Crippen LogP contribution in [0.5, 0.6) is 0 Å². The van der Waals surface area contributed by atoms with Crippen molar-refractivity contribution in [3.05, 3.63) is 22.1 Å². The number of aromatic nitrogens is 5. The van der Waals surface area contributed by atoms with Gasteiger partial charge in [-0.25, -0.2) is 15.0 Å². The molecule has 4 heterocycles. The van der Waals surface area contributed by atoms with E-state index in [4.69, 9.17) is 19.7 Å². The summed E-state index contributed by atoms with van der Waals surface area (Å²) in [5, 5.41) is 10.5. The van der Waals surface area contributed by atoms with Crippen LogP contribution in [0.2, 0.25) is 0 Å². The summed E-state index contributed by atoms with van der Waals surface area (Å²) < 4.78 is 5.47. The number of nitrogens with zero attached hydrogens (tertiary/aromatic N) is 5. The Bertz CT molecular complexity index is 1000. The maximum atomic E-state index is 5.47. The third kappa shape index (κ3) is 4.05. The summed E-state index contributed by atoms with van der Waals surface area (Å²) in [5.41, 5.74) is 1.26. The van der Waals surface area contributed by atoms with Crippen LogP contribution in [-0.2, 0) is 11.3 Å². The number of ether oxygens (including phenoxy) is 1. The van der Waals surface area contributed by atoms with Gasteiger partial charge in [0.05, 0.1) is 19.8 Å². The first-order chi connectivity index (χ1) is 14.2. The van der Waals surface area contributed by atoms with E-state index >= 15 is 0 Å². The summed E-state index contributed by atoms with van der Waals surface area (Å²) in [5.74, 6) is 2.43. The second-order valence-corrected chi connectivity index (χ2v) is 10.0. The van der Waals surface area contributed by atoms with E-state index in [1.165, 1.54) is 36.1 Å². The SMILES string of the molecule is Cc1sc2nc(CN3CCOCC3)nc(Sc3n[nH]c(C4CCCC4)n3)c2c1C. The fourth-order valence-electron chi connectivity index (χ4n) is 4.13. The molecule has 0 atom stereocenters. The van der Waals surface area contributed by atoms with Crippen molar-refractivity contribution in [2.24, 2.45) is 0 Å². The van der Waals surface area contributed by atoms with E-state index in [1.54, 1.807) is 23.1 Å². The predicted octanol–water partition coefficient (Wildman–Crippen LogP) is 4.07. The normalized spacial score (nSPS) is 18.8. The molecule has 2 fully saturated rings. The van der Waals surface area contributed by atoms with Gasteiger partial charge >= 0.3 is 0 Å². The quantitative estimate of drug-likeness (QED) is 0.611. The summed E-state index contributed by atoms with van der Waals surface area (Å²) >= 11 is 3.31. The third-order valence-corrected chi connectivity index (χ3v) is 7.88. The zero-order chi connectivity index (χ0) is 19.8. The third-order valence-electron chi connectivity index (χ3n) is 5.92. The molecule has 1 aliphatic carbocycles. The molecule has 1 saturated carbocycles. The monoisotopic (exact) mass is 430 g/mol. The van der Waals surface area contributed by atoms with Crippen molar-refractivity contribution in [1.29, 1.82) is 0 Å². The van der Waals surface area contributed by atoms with Crippen molar-refractivity contribution >= 4 is 33.3 Å². The number of aromatic amines is 1. The molecular weight excluding hydrogens is 404 g/mol. The molecule has 0 radical (unpaired) electrons. The number of thiophene rings is 1. The molecule has 9 heteroatoms. The second kappa shape index (κ2) is 8.29. The van der Waals surface area contributed by atoms with E-state index < -0.39 is 0 Å². The van der Waals surface area contributed by atoms with Gasteiger partial charge in [-0.05, 0) is 44.0 Å². The molecule has 3 aromatic rings. The van der Waals surface area contributed by atoms with Crippen LogP contribution in [-0.4, -0.2) is 56.4 Å². The van der Waals surface area contributed by atoms with Gasteiger partial charge < -0.3 is 4.74 Å². The second-order valence-electron chi connectivity index (χ2n) is 7.88. The Balaban J connectivity index is 1.45. The van der Waals surface area contributed by atoms with E-state index in [2.05, 4.69) is 28.9 Å². The largest absolute Gasteiger partial charge is 0.379 e. The van der Waals surface area contributed by atoms with Gasteiger partial charge in [-0.15, -0.1) is 16.4 Å². The lowest BCUT2D eigenvalue weighted by Gasteiger charge is -2.25. The van der Waals surface area contributed by atoms with Crippen LogP contribution < -0.4 is 0 Å². The molecule has 0 aromatic carbocycles. The van der Waals surface area contributed by atoms with Crippen molar-refractivity contribution in [2.75, 3.05) is 26.3 Å². The summed E-state index contributed by atoms with van der Waals surface area (Å²) in [7, 11) is 0. The number of H-pyrrole nitrogens is 1. The Kier molecular flexibility index (Phi) is 5.55. The number of fused-ring (bicyclic) bond motifs is 1. The maximum Gasteiger partial charge on any atom is 0.214 e. The van der Waals surface area contributed by atoms with Crippen molar-refractivity contribution < 1.29 is 4.74 Å². The molecule has 1 N–H and O–H groups in total. The van der Waals surface area contributed by atoms with E-state index in [9.17, 15) is 0 Å². The lowest BCUT2D eigenvalue weighted by molar-refractivity contribution is 0.0330. The van der Waals surface area contributed by atoms with Crippen LogP contribution in [0.3, 0.4) is 0 Å². The highest BCUT2D eigenvalue weighted by molar-refractivity contribution is 7.99. The first-order valence-electron chi connectivity index (χ1n) is 10.3. The highest BCUT2D eigenvalue weighted by atomic mass is 32.2. The molecule has 5 rings (SSSR count). The van der Waals surface area contributed by atoms with Crippen LogP contribution in [0, 0.1) is 13.8 Å². The molecule has 1 saturated heterocycles. The standard InChI is InChI=1S/C20H26N6OS2/c1-12-13(2)28-18-16(12)19(22-15(21-18)11-26-7-9-27-10-8-26)29-20-23-17(24-25-20)14-5-3-4-6-14/h14H,3-11H2,1-2H3,(H,23,24,25). The first kappa shape index (κ1) is 19.4. The molecule has 7 nitrogen and oxygen atoms in total. The van der Waals surface area contributed by atoms with Crippen molar-refractivity contribution in [3.63, 3.8) is 0 Å². The fourth-order valence-corrected chi connectivity index (χ4v) is 6.15. The minimum atomic E-state index is 0.532. The van der Waals surface area contributed by atoms with E-state index in [0.717, 1.165) is 64.9 Å². The Morgan fingerprint density at radius 2 is 1.93 bits per heavy atom. The first-order valence-corrected chi connectivity index (χ1v) is 12.0. The molecule has 0 bridgehead atoms. The Labute approximate surface area is 178 Å². The summed E-state index contributed by atoms with van der Waals surface area (Å²) in [6, 6.07) is 0. The molecule has 2 aliphatic rings. The van der Waals surface area contributed by atoms with Gasteiger partial charge in [0.25, 0.3) is 0 Å². The van der Waals surface area contributed by atoms with Crippen LogP contribution >= 0.6 is 23.1 Å². The highest BCUT2D eigenvalue weighted by Crippen LogP contribution is 2.38. The van der Waals surface area contributed by atoms with Gasteiger partial charge in [0.2, 0.25) is 5.16 Å². The number of rotatable bonds is 5. The Morgan fingerprint density at radius 1 is 1.14 bits per heavy atom. The van der Waals surface area contributed by atoms with Crippen LogP contribution in [0.25, 0.3) is 10.2 Å². The molecule has 29 heavy (non-hydrogen) atoms. The number of hydrogen-bond donors (Lipinski definition) is 1. The zero-order valence-corrected chi connectivity index (χ0v) is 18.5. The predicted molar refractivity (Wildman–Crippen MR) is 115 cm³/mol. The van der Waals surface area contributed by atoms with Gasteiger partial charge in [0.15, 0.2) is 0 Å². The Hall–Kier alpha value is -1.55. The summed E-state index contributed by atoms with van der Waals surface area (Å²) in [4.78, 5) is 19.3.